The first-order valence-corrected chi connectivity index (χ1v) is 5.67. The Labute approximate surface area is 105 Å². The molecule has 0 fully saturated rings. The number of alkyl carbamates (subject to hydrolysis) is 1. The van der Waals surface area contributed by atoms with Crippen LogP contribution in [0.4, 0.5) is 18.0 Å². The summed E-state index contributed by atoms with van der Waals surface area (Å²) in [6.07, 6.45) is -6.40. The van der Waals surface area contributed by atoms with Crippen molar-refractivity contribution in [1.29, 1.82) is 0 Å². The third kappa shape index (κ3) is 10.2. The highest BCUT2D eigenvalue weighted by molar-refractivity contribution is 5.67. The molecule has 7 heteroatoms. The quantitative estimate of drug-likeness (QED) is 0.780. The average Bonchev–Trinajstić information content (AvgIpc) is 2.10. The van der Waals surface area contributed by atoms with Crippen LogP contribution in [-0.2, 0) is 4.74 Å². The van der Waals surface area contributed by atoms with Gasteiger partial charge in [-0.25, -0.2) is 4.79 Å². The Morgan fingerprint density at radius 2 is 1.94 bits per heavy atom. The lowest BCUT2D eigenvalue weighted by Crippen LogP contribution is -2.36. The Morgan fingerprint density at radius 3 is 2.39 bits per heavy atom. The van der Waals surface area contributed by atoms with E-state index in [0.29, 0.717) is 6.42 Å². The number of nitrogens with one attached hydrogen (secondary N) is 1. The predicted octanol–water partition coefficient (Wildman–Crippen LogP) is 2.46. The molecule has 0 saturated heterocycles. The molecule has 0 aromatic rings. The molecule has 0 aromatic heterocycles. The number of halogens is 3. The molecular weight excluding hydrogens is 251 g/mol. The van der Waals surface area contributed by atoms with E-state index in [1.165, 1.54) is 0 Å². The van der Waals surface area contributed by atoms with Gasteiger partial charge in [0.1, 0.15) is 6.61 Å². The van der Waals surface area contributed by atoms with Gasteiger partial charge in [0.05, 0.1) is 12.5 Å². The van der Waals surface area contributed by atoms with Gasteiger partial charge in [0.15, 0.2) is 0 Å². The lowest BCUT2D eigenvalue weighted by Gasteiger charge is -2.26. The van der Waals surface area contributed by atoms with E-state index < -0.39 is 31.4 Å². The second-order valence-electron chi connectivity index (χ2n) is 5.07. The van der Waals surface area contributed by atoms with Crippen LogP contribution in [0.5, 0.6) is 0 Å². The number of aliphatic hydroxyl groups excluding tert-OH is 1. The maximum Gasteiger partial charge on any atom is 0.407 e. The fourth-order valence-electron chi connectivity index (χ4n) is 1.49. The van der Waals surface area contributed by atoms with Crippen molar-refractivity contribution < 1.29 is 27.8 Å². The molecule has 1 unspecified atom stereocenters. The molecular formula is C11H20F3NO3. The van der Waals surface area contributed by atoms with Crippen LogP contribution in [0.1, 0.15) is 33.6 Å². The average molecular weight is 271 g/mol. The van der Waals surface area contributed by atoms with E-state index in [4.69, 9.17) is 0 Å². The standard InChI is InChI=1S/C11H20F3NO3/c1-8(16)6-10(2,3)7-15-9(17)18-5-4-11(12,13)14/h8,16H,4-7H2,1-3H3,(H,15,17). The molecule has 0 spiro atoms. The molecule has 0 radical (unpaired) electrons. The van der Waals surface area contributed by atoms with E-state index in [0.717, 1.165) is 0 Å². The van der Waals surface area contributed by atoms with Gasteiger partial charge in [0, 0.05) is 6.54 Å². The zero-order valence-corrected chi connectivity index (χ0v) is 10.8. The van der Waals surface area contributed by atoms with E-state index in [2.05, 4.69) is 10.1 Å². The largest absolute Gasteiger partial charge is 0.449 e. The second kappa shape index (κ2) is 6.82. The van der Waals surface area contributed by atoms with Crippen molar-refractivity contribution in [1.82, 2.24) is 5.32 Å². The van der Waals surface area contributed by atoms with Gasteiger partial charge >= 0.3 is 12.3 Å². The normalized spacial score (nSPS) is 14.2. The molecule has 1 atom stereocenters. The predicted molar refractivity (Wildman–Crippen MR) is 60.1 cm³/mol. The molecule has 4 nitrogen and oxygen atoms in total. The molecule has 0 aliphatic carbocycles. The molecule has 0 aromatic carbocycles. The maximum atomic E-state index is 11.8. The van der Waals surface area contributed by atoms with Crippen molar-refractivity contribution in [2.75, 3.05) is 13.2 Å². The number of aliphatic hydroxyl groups is 1. The monoisotopic (exact) mass is 271 g/mol. The van der Waals surface area contributed by atoms with Gasteiger partial charge in [0.2, 0.25) is 0 Å². The lowest BCUT2D eigenvalue weighted by molar-refractivity contribution is -0.141. The summed E-state index contributed by atoms with van der Waals surface area (Å²) in [6, 6.07) is 0. The molecule has 0 aliphatic heterocycles. The van der Waals surface area contributed by atoms with Crippen molar-refractivity contribution in [2.24, 2.45) is 5.41 Å². The Kier molecular flexibility index (Phi) is 6.45. The van der Waals surface area contributed by atoms with Gasteiger partial charge in [-0.1, -0.05) is 13.8 Å². The Morgan fingerprint density at radius 1 is 1.39 bits per heavy atom. The van der Waals surface area contributed by atoms with Crippen LogP contribution in [0, 0.1) is 5.41 Å². The molecule has 1 amide bonds. The highest BCUT2D eigenvalue weighted by Gasteiger charge is 2.27. The van der Waals surface area contributed by atoms with Crippen LogP contribution in [0.2, 0.25) is 0 Å². The molecule has 0 heterocycles. The number of carbonyl (C=O) groups is 1. The number of hydrogen-bond donors (Lipinski definition) is 2. The summed E-state index contributed by atoms with van der Waals surface area (Å²) >= 11 is 0. The van der Waals surface area contributed by atoms with Crippen molar-refractivity contribution in [3.63, 3.8) is 0 Å². The van der Waals surface area contributed by atoms with Gasteiger partial charge in [-0.15, -0.1) is 0 Å². The summed E-state index contributed by atoms with van der Waals surface area (Å²) in [5.74, 6) is 0. The van der Waals surface area contributed by atoms with Crippen molar-refractivity contribution in [2.45, 2.75) is 45.9 Å². The number of hydrogen-bond acceptors (Lipinski definition) is 3. The van der Waals surface area contributed by atoms with Crippen molar-refractivity contribution >= 4 is 6.09 Å². The fraction of sp³-hybridized carbons (Fsp3) is 0.909. The number of alkyl halides is 3. The summed E-state index contributed by atoms with van der Waals surface area (Å²) in [7, 11) is 0. The first kappa shape index (κ1) is 17.0. The summed E-state index contributed by atoms with van der Waals surface area (Å²) in [5, 5.41) is 11.6. The smallest absolute Gasteiger partial charge is 0.407 e. The minimum atomic E-state index is -4.33. The molecule has 18 heavy (non-hydrogen) atoms. The molecule has 0 aliphatic rings. The SMILES string of the molecule is CC(O)CC(C)(C)CNC(=O)OCCC(F)(F)F. The number of carbonyl (C=O) groups excluding carboxylic acids is 1. The first-order chi connectivity index (χ1) is 8.02. The topological polar surface area (TPSA) is 58.6 Å². The highest BCUT2D eigenvalue weighted by Crippen LogP contribution is 2.21. The highest BCUT2D eigenvalue weighted by atomic mass is 19.4. The third-order valence-electron chi connectivity index (χ3n) is 2.18. The summed E-state index contributed by atoms with van der Waals surface area (Å²) < 4.78 is 39.7. The Balaban J connectivity index is 3.83. The zero-order chi connectivity index (χ0) is 14.4. The summed E-state index contributed by atoms with van der Waals surface area (Å²) in [6.45, 7) is 4.82. The lowest BCUT2D eigenvalue weighted by atomic mass is 9.87. The Bertz CT molecular complexity index is 265. The van der Waals surface area contributed by atoms with E-state index in [-0.39, 0.29) is 12.0 Å². The van der Waals surface area contributed by atoms with E-state index in [1.54, 1.807) is 6.92 Å². The number of ether oxygens (including phenoxy) is 1. The van der Waals surface area contributed by atoms with Crippen LogP contribution in [0.3, 0.4) is 0 Å². The fourth-order valence-corrected chi connectivity index (χ4v) is 1.49. The van der Waals surface area contributed by atoms with Crippen molar-refractivity contribution in [3.8, 4) is 0 Å². The van der Waals surface area contributed by atoms with E-state index >= 15 is 0 Å². The van der Waals surface area contributed by atoms with Crippen LogP contribution in [0.15, 0.2) is 0 Å². The Hall–Kier alpha value is -0.980. The van der Waals surface area contributed by atoms with Crippen LogP contribution in [0.25, 0.3) is 0 Å². The summed E-state index contributed by atoms with van der Waals surface area (Å²) in [4.78, 5) is 11.1. The molecule has 2 N–H and O–H groups in total. The number of amides is 1. The van der Waals surface area contributed by atoms with Gasteiger partial charge in [-0.05, 0) is 18.8 Å². The first-order valence-electron chi connectivity index (χ1n) is 5.67. The molecule has 0 bridgehead atoms. The van der Waals surface area contributed by atoms with E-state index in [9.17, 15) is 23.1 Å². The second-order valence-corrected chi connectivity index (χ2v) is 5.07. The van der Waals surface area contributed by atoms with Gasteiger partial charge < -0.3 is 15.2 Å². The minimum absolute atomic E-state index is 0.225. The number of rotatable bonds is 6. The maximum absolute atomic E-state index is 11.8. The van der Waals surface area contributed by atoms with Gasteiger partial charge in [0.25, 0.3) is 0 Å². The molecule has 108 valence electrons. The third-order valence-corrected chi connectivity index (χ3v) is 2.18. The van der Waals surface area contributed by atoms with Crippen LogP contribution >= 0.6 is 0 Å². The van der Waals surface area contributed by atoms with Crippen LogP contribution in [-0.4, -0.2) is 36.6 Å². The molecule has 0 saturated carbocycles. The minimum Gasteiger partial charge on any atom is -0.449 e. The van der Waals surface area contributed by atoms with Crippen molar-refractivity contribution in [3.05, 3.63) is 0 Å². The van der Waals surface area contributed by atoms with Crippen LogP contribution < -0.4 is 5.32 Å². The van der Waals surface area contributed by atoms with Gasteiger partial charge in [-0.2, -0.15) is 13.2 Å². The van der Waals surface area contributed by atoms with Gasteiger partial charge in [-0.3, -0.25) is 0 Å². The summed E-state index contributed by atoms with van der Waals surface area (Å²) in [5.41, 5.74) is -0.350. The molecule has 0 rings (SSSR count). The van der Waals surface area contributed by atoms with E-state index in [1.807, 2.05) is 13.8 Å². The zero-order valence-electron chi connectivity index (χ0n) is 10.8.